The average Bonchev–Trinajstić information content (AvgIpc) is 2.37. The highest BCUT2D eigenvalue weighted by molar-refractivity contribution is 14.1. The Kier molecular flexibility index (Phi) is 4.86. The molecule has 0 aliphatic carbocycles. The minimum atomic E-state index is -0.278. The Hall–Kier alpha value is -0.600. The van der Waals surface area contributed by atoms with Crippen molar-refractivity contribution in [2.45, 2.75) is 0 Å². The monoisotopic (exact) mass is 495 g/mol. The van der Waals surface area contributed by atoms with E-state index in [0.717, 1.165) is 8.95 Å². The van der Waals surface area contributed by atoms with E-state index < -0.39 is 0 Å². The van der Waals surface area contributed by atoms with E-state index in [1.807, 2.05) is 40.8 Å². The maximum absolute atomic E-state index is 12.1. The fourth-order valence-electron chi connectivity index (χ4n) is 1.46. The van der Waals surface area contributed by atoms with Crippen LogP contribution in [0.4, 0.5) is 5.69 Å². The molecule has 1 amide bonds. The van der Waals surface area contributed by atoms with Crippen LogP contribution in [0.1, 0.15) is 10.4 Å². The van der Waals surface area contributed by atoms with Crippen LogP contribution in [0.25, 0.3) is 0 Å². The number of amides is 1. The Balaban J connectivity index is 2.28. The summed E-state index contributed by atoms with van der Waals surface area (Å²) in [5, 5.41) is 12.4. The van der Waals surface area contributed by atoms with Gasteiger partial charge in [-0.15, -0.1) is 0 Å². The first-order valence-electron chi connectivity index (χ1n) is 5.23. The number of carbonyl (C=O) groups is 1. The first-order chi connectivity index (χ1) is 8.99. The van der Waals surface area contributed by atoms with E-state index in [0.29, 0.717) is 14.8 Å². The summed E-state index contributed by atoms with van der Waals surface area (Å²) in [5.41, 5.74) is 1.06. The van der Waals surface area contributed by atoms with Gasteiger partial charge in [-0.3, -0.25) is 4.79 Å². The molecule has 0 unspecified atom stereocenters. The lowest BCUT2D eigenvalue weighted by Crippen LogP contribution is -2.12. The molecule has 19 heavy (non-hydrogen) atoms. The number of nitrogens with one attached hydrogen (secondary N) is 1. The topological polar surface area (TPSA) is 49.3 Å². The van der Waals surface area contributed by atoms with Gasteiger partial charge in [0.15, 0.2) is 0 Å². The maximum Gasteiger partial charge on any atom is 0.255 e. The van der Waals surface area contributed by atoms with Gasteiger partial charge in [0.1, 0.15) is 5.75 Å². The van der Waals surface area contributed by atoms with E-state index in [1.165, 1.54) is 6.07 Å². The average molecular weight is 497 g/mol. The summed E-state index contributed by atoms with van der Waals surface area (Å²) in [7, 11) is 0. The fraction of sp³-hybridized carbons (Fsp3) is 0. The molecule has 2 N–H and O–H groups in total. The largest absolute Gasteiger partial charge is 0.507 e. The second-order valence-electron chi connectivity index (χ2n) is 3.72. The highest BCUT2D eigenvalue weighted by atomic mass is 127. The first-order valence-corrected chi connectivity index (χ1v) is 7.89. The molecular weight excluding hydrogens is 489 g/mol. The van der Waals surface area contributed by atoms with Crippen LogP contribution in [0.5, 0.6) is 5.75 Å². The summed E-state index contributed by atoms with van der Waals surface area (Å²) in [5.74, 6) is -0.182. The number of carbonyl (C=O) groups excluding carboxylic acids is 1. The Bertz CT molecular complexity index is 626. The highest BCUT2D eigenvalue weighted by Gasteiger charge is 2.12. The highest BCUT2D eigenvalue weighted by Crippen LogP contribution is 2.31. The third-order valence-electron chi connectivity index (χ3n) is 2.41. The molecule has 0 heterocycles. The summed E-state index contributed by atoms with van der Waals surface area (Å²) < 4.78 is 2.27. The lowest BCUT2D eigenvalue weighted by molar-refractivity contribution is 0.102. The Labute approximate surface area is 140 Å². The summed E-state index contributed by atoms with van der Waals surface area (Å²) >= 11 is 8.76. The maximum atomic E-state index is 12.1. The predicted molar refractivity (Wildman–Crippen MR) is 90.6 cm³/mol. The fourth-order valence-corrected chi connectivity index (χ4v) is 2.99. The van der Waals surface area contributed by atoms with E-state index in [2.05, 4.69) is 37.2 Å². The van der Waals surface area contributed by atoms with Crippen molar-refractivity contribution in [3.05, 3.63) is 54.5 Å². The van der Waals surface area contributed by atoms with Crippen molar-refractivity contribution >= 4 is 66.0 Å². The van der Waals surface area contributed by atoms with Gasteiger partial charge in [-0.25, -0.2) is 0 Å². The van der Waals surface area contributed by atoms with E-state index in [9.17, 15) is 9.90 Å². The van der Waals surface area contributed by atoms with Crippen molar-refractivity contribution in [2.24, 2.45) is 0 Å². The third kappa shape index (κ3) is 3.49. The minimum absolute atomic E-state index is 0.0967. The standard InChI is InChI=1S/C13H8Br2INO2/c14-8-2-1-3-9(15)12(8)17-13(19)7-4-5-10(16)11(18)6-7/h1-6,18H,(H,17,19). The molecule has 2 aromatic rings. The van der Waals surface area contributed by atoms with Gasteiger partial charge in [-0.1, -0.05) is 6.07 Å². The summed E-state index contributed by atoms with van der Waals surface area (Å²) in [6.45, 7) is 0. The molecule has 98 valence electrons. The van der Waals surface area contributed by atoms with Crippen LogP contribution in [0.3, 0.4) is 0 Å². The Morgan fingerprint density at radius 1 is 1.16 bits per heavy atom. The molecule has 3 nitrogen and oxygen atoms in total. The number of hydrogen-bond donors (Lipinski definition) is 2. The molecule has 0 fully saturated rings. The predicted octanol–water partition coefficient (Wildman–Crippen LogP) is 4.77. The van der Waals surface area contributed by atoms with E-state index in [4.69, 9.17) is 0 Å². The normalized spacial score (nSPS) is 10.3. The van der Waals surface area contributed by atoms with Crippen molar-refractivity contribution in [1.82, 2.24) is 0 Å². The molecule has 0 aliphatic rings. The number of benzene rings is 2. The third-order valence-corrected chi connectivity index (χ3v) is 4.64. The number of hydrogen-bond acceptors (Lipinski definition) is 2. The van der Waals surface area contributed by atoms with Gasteiger partial charge in [0, 0.05) is 14.5 Å². The van der Waals surface area contributed by atoms with Gasteiger partial charge >= 0.3 is 0 Å². The van der Waals surface area contributed by atoms with Gasteiger partial charge in [0.25, 0.3) is 5.91 Å². The van der Waals surface area contributed by atoms with Crippen molar-refractivity contribution in [2.75, 3.05) is 5.32 Å². The second kappa shape index (κ2) is 6.23. The number of anilines is 1. The van der Waals surface area contributed by atoms with Crippen molar-refractivity contribution in [1.29, 1.82) is 0 Å². The summed E-state index contributed by atoms with van der Waals surface area (Å²) in [6, 6.07) is 10.3. The Morgan fingerprint density at radius 2 is 1.79 bits per heavy atom. The lowest BCUT2D eigenvalue weighted by Gasteiger charge is -2.10. The zero-order valence-corrected chi connectivity index (χ0v) is 14.8. The minimum Gasteiger partial charge on any atom is -0.507 e. The van der Waals surface area contributed by atoms with Crippen molar-refractivity contribution in [3.8, 4) is 5.75 Å². The van der Waals surface area contributed by atoms with E-state index >= 15 is 0 Å². The van der Waals surface area contributed by atoms with E-state index in [-0.39, 0.29) is 11.7 Å². The van der Waals surface area contributed by atoms with Gasteiger partial charge in [0.05, 0.1) is 9.26 Å². The molecule has 0 aliphatic heterocycles. The number of rotatable bonds is 2. The van der Waals surface area contributed by atoms with Gasteiger partial charge in [-0.2, -0.15) is 0 Å². The second-order valence-corrected chi connectivity index (χ2v) is 6.59. The summed E-state index contributed by atoms with van der Waals surface area (Å²) in [6.07, 6.45) is 0. The molecule has 2 rings (SSSR count). The van der Waals surface area contributed by atoms with Crippen LogP contribution in [-0.4, -0.2) is 11.0 Å². The van der Waals surface area contributed by atoms with Crippen LogP contribution >= 0.6 is 54.5 Å². The molecule has 0 spiro atoms. The van der Waals surface area contributed by atoms with Crippen molar-refractivity contribution < 1.29 is 9.90 Å². The van der Waals surface area contributed by atoms with Crippen LogP contribution in [0, 0.1) is 3.57 Å². The quantitative estimate of drug-likeness (QED) is 0.588. The van der Waals surface area contributed by atoms with Crippen LogP contribution in [0.2, 0.25) is 0 Å². The number of aromatic hydroxyl groups is 1. The first kappa shape index (κ1) is 14.8. The SMILES string of the molecule is O=C(Nc1c(Br)cccc1Br)c1ccc(I)c(O)c1. The van der Waals surface area contributed by atoms with Gasteiger partial charge < -0.3 is 10.4 Å². The van der Waals surface area contributed by atoms with Crippen molar-refractivity contribution in [3.63, 3.8) is 0 Å². The molecule has 6 heteroatoms. The molecular formula is C13H8Br2INO2. The smallest absolute Gasteiger partial charge is 0.255 e. The number of para-hydroxylation sites is 1. The van der Waals surface area contributed by atoms with Gasteiger partial charge in [-0.05, 0) is 84.8 Å². The molecule has 0 atom stereocenters. The number of phenolic OH excluding ortho intramolecular Hbond substituents is 1. The Morgan fingerprint density at radius 3 is 2.37 bits per heavy atom. The molecule has 0 radical (unpaired) electrons. The van der Waals surface area contributed by atoms with Crippen LogP contribution < -0.4 is 5.32 Å². The molecule has 0 aromatic heterocycles. The lowest BCUT2D eigenvalue weighted by atomic mass is 10.2. The molecule has 0 saturated heterocycles. The number of phenols is 1. The number of halogens is 3. The zero-order valence-electron chi connectivity index (χ0n) is 9.45. The van der Waals surface area contributed by atoms with Crippen LogP contribution in [0.15, 0.2) is 45.3 Å². The van der Waals surface area contributed by atoms with Crippen LogP contribution in [-0.2, 0) is 0 Å². The molecule has 0 saturated carbocycles. The molecule has 0 bridgehead atoms. The molecule has 2 aromatic carbocycles. The van der Waals surface area contributed by atoms with Gasteiger partial charge in [0.2, 0.25) is 0 Å². The summed E-state index contributed by atoms with van der Waals surface area (Å²) in [4.78, 5) is 12.1. The van der Waals surface area contributed by atoms with E-state index in [1.54, 1.807) is 12.1 Å². The zero-order chi connectivity index (χ0) is 14.0.